The number of hydrogen-bond acceptors (Lipinski definition) is 12. The number of primary amides is 1. The standard InChI is InChI=1S/C22H31N5O7S2/c1-5-6-13(14-10-36-20(23)26-14)17(28)25-7-15-27-16(12(9-35-15)8-32-21(24)31)18(29)33-11-34-19(30)22(2,3)4/h6,10,15,27H,5,7-9,11H2,1-4H3,(H2,23,26)(H2,24,31)(H,25,28)/b13-6-/t15-/m1/s1. The van der Waals surface area contributed by atoms with Crippen molar-refractivity contribution in [3.05, 3.63) is 28.4 Å². The summed E-state index contributed by atoms with van der Waals surface area (Å²) in [4.78, 5) is 52.7. The second-order valence-electron chi connectivity index (χ2n) is 8.57. The van der Waals surface area contributed by atoms with Gasteiger partial charge in [-0.2, -0.15) is 0 Å². The summed E-state index contributed by atoms with van der Waals surface area (Å²) in [5.74, 6) is -1.38. The number of anilines is 1. The number of carbonyl (C=O) groups excluding carboxylic acids is 4. The molecule has 2 amide bonds. The molecule has 1 aromatic heterocycles. The summed E-state index contributed by atoms with van der Waals surface area (Å²) < 4.78 is 14.9. The Morgan fingerprint density at radius 1 is 1.25 bits per heavy atom. The largest absolute Gasteiger partial charge is 0.445 e. The molecule has 12 nitrogen and oxygen atoms in total. The number of esters is 2. The molecule has 2 rings (SSSR count). The Morgan fingerprint density at radius 3 is 2.56 bits per heavy atom. The van der Waals surface area contributed by atoms with E-state index in [4.69, 9.17) is 25.7 Å². The van der Waals surface area contributed by atoms with E-state index in [1.54, 1.807) is 32.2 Å². The van der Waals surface area contributed by atoms with Gasteiger partial charge in [-0.3, -0.25) is 9.59 Å². The van der Waals surface area contributed by atoms with Crippen LogP contribution >= 0.6 is 23.1 Å². The van der Waals surface area contributed by atoms with Gasteiger partial charge in [0.05, 0.1) is 22.1 Å². The van der Waals surface area contributed by atoms with Crippen molar-refractivity contribution in [3.8, 4) is 0 Å². The summed E-state index contributed by atoms with van der Waals surface area (Å²) in [6, 6.07) is 0. The fraction of sp³-hybridized carbons (Fsp3) is 0.500. The van der Waals surface area contributed by atoms with E-state index in [-0.39, 0.29) is 24.8 Å². The first kappa shape index (κ1) is 29.0. The van der Waals surface area contributed by atoms with E-state index in [1.807, 2.05) is 6.92 Å². The highest BCUT2D eigenvalue weighted by Gasteiger charge is 2.29. The Bertz CT molecular complexity index is 1050. The zero-order valence-corrected chi connectivity index (χ0v) is 22.2. The van der Waals surface area contributed by atoms with Crippen LogP contribution < -0.4 is 22.1 Å². The fourth-order valence-electron chi connectivity index (χ4n) is 2.80. The predicted octanol–water partition coefficient (Wildman–Crippen LogP) is 1.74. The number of allylic oxidation sites excluding steroid dienone is 1. The lowest BCUT2D eigenvalue weighted by Crippen LogP contribution is -2.44. The minimum Gasteiger partial charge on any atom is -0.445 e. The summed E-state index contributed by atoms with van der Waals surface area (Å²) in [6.45, 7) is 6.26. The summed E-state index contributed by atoms with van der Waals surface area (Å²) in [5, 5.41) is 7.48. The van der Waals surface area contributed by atoms with Crippen LogP contribution in [0, 0.1) is 5.41 Å². The summed E-state index contributed by atoms with van der Waals surface area (Å²) in [6.07, 6.45) is 1.39. The molecule has 0 bridgehead atoms. The number of aromatic nitrogens is 1. The van der Waals surface area contributed by atoms with Gasteiger partial charge in [0, 0.05) is 23.3 Å². The number of nitrogens with two attached hydrogens (primary N) is 2. The van der Waals surface area contributed by atoms with Crippen LogP contribution in [0.2, 0.25) is 0 Å². The van der Waals surface area contributed by atoms with Crippen molar-refractivity contribution in [1.82, 2.24) is 15.6 Å². The second-order valence-corrected chi connectivity index (χ2v) is 10.6. The van der Waals surface area contributed by atoms with Crippen molar-refractivity contribution in [2.45, 2.75) is 39.5 Å². The van der Waals surface area contributed by atoms with Crippen molar-refractivity contribution in [3.63, 3.8) is 0 Å². The van der Waals surface area contributed by atoms with Gasteiger partial charge in [0.25, 0.3) is 5.91 Å². The molecule has 0 fully saturated rings. The molecule has 1 aliphatic heterocycles. The number of carbonyl (C=O) groups is 4. The third-order valence-corrected chi connectivity index (χ3v) is 6.48. The van der Waals surface area contributed by atoms with Gasteiger partial charge in [0.2, 0.25) is 6.79 Å². The van der Waals surface area contributed by atoms with Gasteiger partial charge in [-0.05, 0) is 27.2 Å². The Balaban J connectivity index is 2.05. The van der Waals surface area contributed by atoms with Crippen molar-refractivity contribution in [1.29, 1.82) is 0 Å². The van der Waals surface area contributed by atoms with Crippen LogP contribution in [0.1, 0.15) is 39.8 Å². The number of thiazole rings is 1. The van der Waals surface area contributed by atoms with Gasteiger partial charge >= 0.3 is 18.0 Å². The Kier molecular flexibility index (Phi) is 10.6. The molecular weight excluding hydrogens is 510 g/mol. The molecule has 0 aromatic carbocycles. The summed E-state index contributed by atoms with van der Waals surface area (Å²) >= 11 is 2.62. The normalized spacial score (nSPS) is 16.1. The molecule has 0 aliphatic carbocycles. The monoisotopic (exact) mass is 541 g/mol. The van der Waals surface area contributed by atoms with E-state index in [2.05, 4.69) is 15.6 Å². The van der Waals surface area contributed by atoms with E-state index in [0.717, 1.165) is 0 Å². The van der Waals surface area contributed by atoms with Gasteiger partial charge < -0.3 is 36.3 Å². The zero-order chi connectivity index (χ0) is 26.9. The highest BCUT2D eigenvalue weighted by atomic mass is 32.2. The number of rotatable bonds is 10. The first-order chi connectivity index (χ1) is 16.9. The predicted molar refractivity (Wildman–Crippen MR) is 136 cm³/mol. The highest BCUT2D eigenvalue weighted by Crippen LogP contribution is 2.24. The van der Waals surface area contributed by atoms with E-state index in [0.29, 0.717) is 34.1 Å². The molecule has 14 heteroatoms. The van der Waals surface area contributed by atoms with Crippen molar-refractivity contribution in [2.75, 3.05) is 31.4 Å². The molecule has 1 aliphatic rings. The molecule has 1 atom stereocenters. The second kappa shape index (κ2) is 13.2. The molecule has 0 saturated heterocycles. The maximum Gasteiger partial charge on any atom is 0.404 e. The molecule has 0 saturated carbocycles. The number of nitrogens with zero attached hydrogens (tertiary/aromatic N) is 1. The van der Waals surface area contributed by atoms with Crippen LogP contribution in [0.4, 0.5) is 9.93 Å². The number of ether oxygens (including phenoxy) is 3. The lowest BCUT2D eigenvalue weighted by atomic mass is 9.98. The first-order valence-electron chi connectivity index (χ1n) is 11.0. The molecule has 0 radical (unpaired) electrons. The Labute approximate surface area is 217 Å². The van der Waals surface area contributed by atoms with Crippen LogP contribution in [0.5, 0.6) is 0 Å². The molecule has 0 unspecified atom stereocenters. The summed E-state index contributed by atoms with van der Waals surface area (Å²) in [5.41, 5.74) is 11.3. The third-order valence-electron chi connectivity index (χ3n) is 4.60. The van der Waals surface area contributed by atoms with Crippen molar-refractivity contribution >= 4 is 57.7 Å². The van der Waals surface area contributed by atoms with Crippen molar-refractivity contribution < 1.29 is 33.4 Å². The number of thioether (sulfide) groups is 1. The Morgan fingerprint density at radius 2 is 1.97 bits per heavy atom. The van der Waals surface area contributed by atoms with Crippen LogP contribution in [0.3, 0.4) is 0 Å². The summed E-state index contributed by atoms with van der Waals surface area (Å²) in [7, 11) is 0. The molecular formula is C22H31N5O7S2. The van der Waals surface area contributed by atoms with Crippen molar-refractivity contribution in [2.24, 2.45) is 11.1 Å². The first-order valence-corrected chi connectivity index (χ1v) is 12.9. The molecule has 1 aromatic rings. The van der Waals surface area contributed by atoms with Crippen LogP contribution in [-0.4, -0.2) is 60.0 Å². The van der Waals surface area contributed by atoms with E-state index in [1.165, 1.54) is 23.1 Å². The molecule has 2 heterocycles. The SMILES string of the molecule is CC/C=C(\C(=O)NC[C@@H]1NC(C(=O)OCOC(=O)C(C)(C)C)=C(COC(N)=O)CS1)c1csc(N)n1. The Hall–Kier alpha value is -3.26. The van der Waals surface area contributed by atoms with Gasteiger partial charge in [0.1, 0.15) is 12.3 Å². The maximum atomic E-state index is 12.8. The van der Waals surface area contributed by atoms with E-state index in [9.17, 15) is 19.2 Å². The average Bonchev–Trinajstić information content (AvgIpc) is 3.24. The minimum atomic E-state index is -0.994. The van der Waals surface area contributed by atoms with Crippen LogP contribution in [0.25, 0.3) is 5.57 Å². The fourth-order valence-corrected chi connectivity index (χ4v) is 4.39. The molecule has 36 heavy (non-hydrogen) atoms. The smallest absolute Gasteiger partial charge is 0.404 e. The molecule has 6 N–H and O–H groups in total. The molecule has 198 valence electrons. The van der Waals surface area contributed by atoms with E-state index < -0.39 is 35.6 Å². The maximum absolute atomic E-state index is 12.8. The lowest BCUT2D eigenvalue weighted by molar-refractivity contribution is -0.171. The van der Waals surface area contributed by atoms with E-state index >= 15 is 0 Å². The van der Waals surface area contributed by atoms with Gasteiger partial charge in [-0.1, -0.05) is 13.0 Å². The highest BCUT2D eigenvalue weighted by molar-refractivity contribution is 8.00. The number of nitrogen functional groups attached to an aromatic ring is 1. The number of hydrogen-bond donors (Lipinski definition) is 4. The van der Waals surface area contributed by atoms with Gasteiger partial charge in [-0.15, -0.1) is 23.1 Å². The number of nitrogens with one attached hydrogen (secondary N) is 2. The lowest BCUT2D eigenvalue weighted by Gasteiger charge is -2.28. The van der Waals surface area contributed by atoms with Crippen LogP contribution in [0.15, 0.2) is 22.7 Å². The molecule has 0 spiro atoms. The topological polar surface area (TPSA) is 185 Å². The van der Waals surface area contributed by atoms with Crippen LogP contribution in [-0.2, 0) is 28.6 Å². The quantitative estimate of drug-likeness (QED) is 0.192. The zero-order valence-electron chi connectivity index (χ0n) is 20.5. The van der Waals surface area contributed by atoms with Gasteiger partial charge in [-0.25, -0.2) is 14.6 Å². The minimum absolute atomic E-state index is 0.0395. The average molecular weight is 542 g/mol. The number of amides is 2. The third kappa shape index (κ3) is 8.75. The van der Waals surface area contributed by atoms with Gasteiger partial charge in [0.15, 0.2) is 5.13 Å².